The van der Waals surface area contributed by atoms with Crippen molar-refractivity contribution in [3.05, 3.63) is 0 Å². The summed E-state index contributed by atoms with van der Waals surface area (Å²) in [7, 11) is 0. The second kappa shape index (κ2) is 3.98. The van der Waals surface area contributed by atoms with Crippen molar-refractivity contribution in [3.8, 4) is 0 Å². The van der Waals surface area contributed by atoms with E-state index in [9.17, 15) is 4.79 Å². The van der Waals surface area contributed by atoms with Gasteiger partial charge in [-0.05, 0) is 50.4 Å². The van der Waals surface area contributed by atoms with Crippen molar-refractivity contribution in [3.63, 3.8) is 0 Å². The Balaban J connectivity index is 1.78. The van der Waals surface area contributed by atoms with Gasteiger partial charge in [0.15, 0.2) is 0 Å². The van der Waals surface area contributed by atoms with E-state index in [1.807, 2.05) is 0 Å². The molecular weight excluding hydrogens is 212 g/mol. The van der Waals surface area contributed by atoms with Crippen LogP contribution in [0.2, 0.25) is 0 Å². The SMILES string of the molecule is CC(C)C1NC(C)N(C(C2CC2)C2CC2)C1=O. The molecule has 3 aliphatic rings. The minimum absolute atomic E-state index is 0.0463. The minimum atomic E-state index is 0.0463. The molecule has 2 unspecified atom stereocenters. The van der Waals surface area contributed by atoms with Crippen molar-refractivity contribution in [1.82, 2.24) is 10.2 Å². The van der Waals surface area contributed by atoms with Crippen LogP contribution in [0.1, 0.15) is 46.5 Å². The van der Waals surface area contributed by atoms with E-state index >= 15 is 0 Å². The third kappa shape index (κ3) is 1.99. The zero-order chi connectivity index (χ0) is 12.2. The van der Waals surface area contributed by atoms with E-state index < -0.39 is 0 Å². The van der Waals surface area contributed by atoms with Crippen LogP contribution in [-0.2, 0) is 4.79 Å². The van der Waals surface area contributed by atoms with Crippen LogP contribution in [0.5, 0.6) is 0 Å². The van der Waals surface area contributed by atoms with Gasteiger partial charge in [0.25, 0.3) is 0 Å². The van der Waals surface area contributed by atoms with Gasteiger partial charge in [-0.25, -0.2) is 0 Å². The zero-order valence-electron chi connectivity index (χ0n) is 11.1. The number of nitrogens with zero attached hydrogens (tertiary/aromatic N) is 1. The molecular formula is C14H24N2O. The topological polar surface area (TPSA) is 32.3 Å². The van der Waals surface area contributed by atoms with Gasteiger partial charge < -0.3 is 4.90 Å². The predicted octanol–water partition coefficient (Wildman–Crippen LogP) is 1.98. The summed E-state index contributed by atoms with van der Waals surface area (Å²) in [6, 6.07) is 0.596. The van der Waals surface area contributed by atoms with Crippen LogP contribution in [-0.4, -0.2) is 29.1 Å². The van der Waals surface area contributed by atoms with Crippen LogP contribution in [0.15, 0.2) is 0 Å². The Bertz CT molecular complexity index is 308. The maximum absolute atomic E-state index is 12.5. The molecule has 0 radical (unpaired) electrons. The first-order valence-corrected chi connectivity index (χ1v) is 7.18. The molecule has 2 aliphatic carbocycles. The molecule has 0 aromatic rings. The third-order valence-electron chi connectivity index (χ3n) is 4.56. The Labute approximate surface area is 104 Å². The third-order valence-corrected chi connectivity index (χ3v) is 4.56. The molecule has 1 saturated heterocycles. The smallest absolute Gasteiger partial charge is 0.241 e. The quantitative estimate of drug-likeness (QED) is 0.809. The number of amides is 1. The summed E-state index contributed by atoms with van der Waals surface area (Å²) in [4.78, 5) is 14.7. The fourth-order valence-electron chi connectivity index (χ4n) is 3.36. The molecule has 96 valence electrons. The predicted molar refractivity (Wildman–Crippen MR) is 67.3 cm³/mol. The summed E-state index contributed by atoms with van der Waals surface area (Å²) in [6.45, 7) is 6.42. The summed E-state index contributed by atoms with van der Waals surface area (Å²) < 4.78 is 0. The first kappa shape index (κ1) is 11.5. The lowest BCUT2D eigenvalue weighted by molar-refractivity contribution is -0.133. The maximum Gasteiger partial charge on any atom is 0.241 e. The van der Waals surface area contributed by atoms with E-state index in [0.29, 0.717) is 17.9 Å². The van der Waals surface area contributed by atoms with Crippen LogP contribution in [0.3, 0.4) is 0 Å². The average Bonchev–Trinajstić information content (AvgIpc) is 3.13. The second-order valence-corrected chi connectivity index (χ2v) is 6.48. The van der Waals surface area contributed by atoms with Crippen LogP contribution in [0.4, 0.5) is 0 Å². The van der Waals surface area contributed by atoms with Gasteiger partial charge in [-0.1, -0.05) is 13.8 Å². The second-order valence-electron chi connectivity index (χ2n) is 6.48. The molecule has 1 heterocycles. The molecule has 3 rings (SSSR count). The highest BCUT2D eigenvalue weighted by molar-refractivity contribution is 5.85. The van der Waals surface area contributed by atoms with E-state index in [1.54, 1.807) is 0 Å². The zero-order valence-corrected chi connectivity index (χ0v) is 11.1. The van der Waals surface area contributed by atoms with Gasteiger partial charge in [0.2, 0.25) is 5.91 Å². The first-order valence-electron chi connectivity index (χ1n) is 7.18. The van der Waals surface area contributed by atoms with Crippen molar-refractivity contribution in [2.75, 3.05) is 0 Å². The highest BCUT2D eigenvalue weighted by atomic mass is 16.2. The molecule has 3 fully saturated rings. The van der Waals surface area contributed by atoms with Crippen LogP contribution in [0, 0.1) is 17.8 Å². The molecule has 1 aliphatic heterocycles. The fourth-order valence-corrected chi connectivity index (χ4v) is 3.36. The Morgan fingerprint density at radius 1 is 1.18 bits per heavy atom. The molecule has 0 bridgehead atoms. The van der Waals surface area contributed by atoms with Crippen LogP contribution >= 0.6 is 0 Å². The van der Waals surface area contributed by atoms with E-state index in [-0.39, 0.29) is 12.2 Å². The number of rotatable bonds is 4. The minimum Gasteiger partial charge on any atom is -0.323 e. The van der Waals surface area contributed by atoms with Crippen molar-refractivity contribution >= 4 is 5.91 Å². The number of nitrogens with one attached hydrogen (secondary N) is 1. The number of hydrogen-bond donors (Lipinski definition) is 1. The summed E-state index contributed by atoms with van der Waals surface area (Å²) in [5.41, 5.74) is 0. The van der Waals surface area contributed by atoms with Gasteiger partial charge in [-0.3, -0.25) is 10.1 Å². The van der Waals surface area contributed by atoms with Crippen LogP contribution < -0.4 is 5.32 Å². The molecule has 1 N–H and O–H groups in total. The van der Waals surface area contributed by atoms with E-state index in [1.165, 1.54) is 25.7 Å². The molecule has 3 heteroatoms. The molecule has 0 aromatic carbocycles. The van der Waals surface area contributed by atoms with Crippen molar-refractivity contribution < 1.29 is 4.79 Å². The van der Waals surface area contributed by atoms with Gasteiger partial charge in [-0.15, -0.1) is 0 Å². The van der Waals surface area contributed by atoms with Gasteiger partial charge in [0, 0.05) is 6.04 Å². The molecule has 2 saturated carbocycles. The van der Waals surface area contributed by atoms with E-state index in [4.69, 9.17) is 0 Å². The highest BCUT2D eigenvalue weighted by Crippen LogP contribution is 2.48. The fraction of sp³-hybridized carbons (Fsp3) is 0.929. The lowest BCUT2D eigenvalue weighted by Gasteiger charge is -2.31. The summed E-state index contributed by atoms with van der Waals surface area (Å²) in [5.74, 6) is 2.37. The maximum atomic E-state index is 12.5. The first-order chi connectivity index (χ1) is 8.09. The van der Waals surface area contributed by atoms with Gasteiger partial charge in [-0.2, -0.15) is 0 Å². The van der Waals surface area contributed by atoms with E-state index in [2.05, 4.69) is 31.0 Å². The van der Waals surface area contributed by atoms with Crippen molar-refractivity contribution in [2.45, 2.75) is 64.7 Å². The van der Waals surface area contributed by atoms with Crippen molar-refractivity contribution in [2.24, 2.45) is 17.8 Å². The average molecular weight is 236 g/mol. The van der Waals surface area contributed by atoms with Gasteiger partial charge in [0.1, 0.15) is 0 Å². The van der Waals surface area contributed by atoms with Gasteiger partial charge in [0.05, 0.1) is 12.2 Å². The monoisotopic (exact) mass is 236 g/mol. The molecule has 0 spiro atoms. The lowest BCUT2D eigenvalue weighted by Crippen LogP contribution is -2.45. The number of hydrogen-bond acceptors (Lipinski definition) is 2. The lowest BCUT2D eigenvalue weighted by atomic mass is 10.0. The standard InChI is InChI=1S/C14H24N2O/c1-8(2)12-14(17)16(9(3)15-12)13(10-4-5-10)11-6-7-11/h8-13,15H,4-7H2,1-3H3. The summed E-state index contributed by atoms with van der Waals surface area (Å²) in [6.07, 6.45) is 5.59. The highest BCUT2D eigenvalue weighted by Gasteiger charge is 2.51. The Kier molecular flexibility index (Phi) is 2.69. The van der Waals surface area contributed by atoms with Crippen molar-refractivity contribution in [1.29, 1.82) is 0 Å². The Hall–Kier alpha value is -0.570. The molecule has 3 nitrogen and oxygen atoms in total. The van der Waals surface area contributed by atoms with Crippen LogP contribution in [0.25, 0.3) is 0 Å². The Morgan fingerprint density at radius 2 is 1.71 bits per heavy atom. The van der Waals surface area contributed by atoms with E-state index in [0.717, 1.165) is 11.8 Å². The van der Waals surface area contributed by atoms with Gasteiger partial charge >= 0.3 is 0 Å². The molecule has 17 heavy (non-hydrogen) atoms. The molecule has 2 atom stereocenters. The number of carbonyl (C=O) groups is 1. The molecule has 1 amide bonds. The molecule has 0 aromatic heterocycles. The largest absolute Gasteiger partial charge is 0.323 e. The Morgan fingerprint density at radius 3 is 2.06 bits per heavy atom. The summed E-state index contributed by atoms with van der Waals surface area (Å²) in [5, 5.41) is 3.48. The normalized spacial score (nSPS) is 34.2. The number of carbonyl (C=O) groups excluding carboxylic acids is 1. The summed E-state index contributed by atoms with van der Waals surface area (Å²) >= 11 is 0.